The Balaban J connectivity index is 1.97. The zero-order chi connectivity index (χ0) is 13.1. The molecule has 1 fully saturated rings. The fourth-order valence-electron chi connectivity index (χ4n) is 2.73. The molecule has 0 atom stereocenters. The smallest absolute Gasteiger partial charge is 0.0410 e. The van der Waals surface area contributed by atoms with Crippen LogP contribution in [0.4, 0.5) is 5.69 Å². The zero-order valence-electron chi connectivity index (χ0n) is 11.5. The van der Waals surface area contributed by atoms with Gasteiger partial charge in [-0.3, -0.25) is 0 Å². The third-order valence-corrected chi connectivity index (χ3v) is 3.80. The van der Waals surface area contributed by atoms with E-state index in [-0.39, 0.29) is 0 Å². The second kappa shape index (κ2) is 5.94. The summed E-state index contributed by atoms with van der Waals surface area (Å²) < 4.78 is 0. The highest BCUT2D eigenvalue weighted by molar-refractivity contribution is 6.30. The molecule has 1 aliphatic heterocycles. The van der Waals surface area contributed by atoms with Crippen molar-refractivity contribution in [1.29, 1.82) is 0 Å². The van der Waals surface area contributed by atoms with E-state index in [0.717, 1.165) is 18.1 Å². The predicted octanol–water partition coefficient (Wildman–Crippen LogP) is 3.62. The monoisotopic (exact) mass is 266 g/mol. The molecule has 2 rings (SSSR count). The number of halogens is 1. The third kappa shape index (κ3) is 3.39. The molecule has 1 aromatic rings. The van der Waals surface area contributed by atoms with Crippen molar-refractivity contribution in [2.45, 2.75) is 45.7 Å². The van der Waals surface area contributed by atoms with E-state index in [0.29, 0.717) is 12.1 Å². The van der Waals surface area contributed by atoms with Crippen LogP contribution in [0.25, 0.3) is 0 Å². The SMILES string of the molecule is Cc1cc(Cl)ccc1N1CCC(NC(C)C)CC1. The lowest BCUT2D eigenvalue weighted by Gasteiger charge is -2.35. The van der Waals surface area contributed by atoms with Gasteiger partial charge < -0.3 is 10.2 Å². The van der Waals surface area contributed by atoms with Crippen LogP contribution >= 0.6 is 11.6 Å². The molecule has 0 aliphatic carbocycles. The summed E-state index contributed by atoms with van der Waals surface area (Å²) in [6, 6.07) is 7.44. The van der Waals surface area contributed by atoms with E-state index in [2.05, 4.69) is 43.1 Å². The number of anilines is 1. The molecule has 100 valence electrons. The van der Waals surface area contributed by atoms with Crippen molar-refractivity contribution in [1.82, 2.24) is 5.32 Å². The standard InChI is InChI=1S/C15H23ClN2/c1-11(2)17-14-6-8-18(9-7-14)15-5-4-13(16)10-12(15)3/h4-5,10-11,14,17H,6-9H2,1-3H3. The van der Waals surface area contributed by atoms with Crippen LogP contribution in [0, 0.1) is 6.92 Å². The Hall–Kier alpha value is -0.730. The van der Waals surface area contributed by atoms with Gasteiger partial charge in [-0.05, 0) is 43.5 Å². The first-order chi connectivity index (χ1) is 8.56. The first kappa shape index (κ1) is 13.7. The number of hydrogen-bond acceptors (Lipinski definition) is 2. The topological polar surface area (TPSA) is 15.3 Å². The van der Waals surface area contributed by atoms with E-state index in [1.54, 1.807) is 0 Å². The van der Waals surface area contributed by atoms with Gasteiger partial charge in [-0.15, -0.1) is 0 Å². The largest absolute Gasteiger partial charge is 0.371 e. The second-order valence-electron chi connectivity index (χ2n) is 5.51. The van der Waals surface area contributed by atoms with Crippen molar-refractivity contribution < 1.29 is 0 Å². The van der Waals surface area contributed by atoms with Crippen LogP contribution in [0.15, 0.2) is 18.2 Å². The van der Waals surface area contributed by atoms with Gasteiger partial charge in [-0.25, -0.2) is 0 Å². The normalized spacial score (nSPS) is 17.5. The fraction of sp³-hybridized carbons (Fsp3) is 0.600. The number of aryl methyl sites for hydroxylation is 1. The maximum atomic E-state index is 6.01. The highest BCUT2D eigenvalue weighted by atomic mass is 35.5. The Bertz CT molecular complexity index is 395. The molecule has 1 N–H and O–H groups in total. The van der Waals surface area contributed by atoms with Gasteiger partial charge >= 0.3 is 0 Å². The number of piperidine rings is 1. The lowest BCUT2D eigenvalue weighted by molar-refractivity contribution is 0.387. The van der Waals surface area contributed by atoms with Crippen molar-refractivity contribution in [2.24, 2.45) is 0 Å². The number of nitrogens with one attached hydrogen (secondary N) is 1. The molecule has 1 aliphatic rings. The van der Waals surface area contributed by atoms with E-state index in [1.807, 2.05) is 6.07 Å². The summed E-state index contributed by atoms with van der Waals surface area (Å²) in [5.74, 6) is 0. The molecule has 1 aromatic carbocycles. The Morgan fingerprint density at radius 3 is 2.50 bits per heavy atom. The minimum Gasteiger partial charge on any atom is -0.371 e. The minimum absolute atomic E-state index is 0.582. The fourth-order valence-corrected chi connectivity index (χ4v) is 2.96. The average molecular weight is 267 g/mol. The summed E-state index contributed by atoms with van der Waals surface area (Å²) in [6.45, 7) is 8.84. The summed E-state index contributed by atoms with van der Waals surface area (Å²) in [5, 5.41) is 4.46. The van der Waals surface area contributed by atoms with Crippen LogP contribution in [0.2, 0.25) is 5.02 Å². The van der Waals surface area contributed by atoms with E-state index in [4.69, 9.17) is 11.6 Å². The maximum absolute atomic E-state index is 6.01. The maximum Gasteiger partial charge on any atom is 0.0410 e. The molecule has 1 heterocycles. The molecule has 0 aromatic heterocycles. The molecular formula is C15H23ClN2. The van der Waals surface area contributed by atoms with Gasteiger partial charge in [0.25, 0.3) is 0 Å². The third-order valence-electron chi connectivity index (χ3n) is 3.56. The predicted molar refractivity (Wildman–Crippen MR) is 79.7 cm³/mol. The van der Waals surface area contributed by atoms with Crippen molar-refractivity contribution in [3.8, 4) is 0 Å². The molecule has 3 heteroatoms. The Kier molecular flexibility index (Phi) is 4.52. The first-order valence-corrected chi connectivity index (χ1v) is 7.21. The molecule has 0 saturated carbocycles. The van der Waals surface area contributed by atoms with Gasteiger partial charge in [-0.2, -0.15) is 0 Å². The highest BCUT2D eigenvalue weighted by Gasteiger charge is 2.20. The van der Waals surface area contributed by atoms with Crippen LogP contribution in [-0.4, -0.2) is 25.2 Å². The number of hydrogen-bond donors (Lipinski definition) is 1. The van der Waals surface area contributed by atoms with Crippen LogP contribution < -0.4 is 10.2 Å². The van der Waals surface area contributed by atoms with Crippen LogP contribution in [0.5, 0.6) is 0 Å². The molecule has 0 bridgehead atoms. The van der Waals surface area contributed by atoms with Crippen LogP contribution in [-0.2, 0) is 0 Å². The molecule has 18 heavy (non-hydrogen) atoms. The van der Waals surface area contributed by atoms with Gasteiger partial charge in [0.05, 0.1) is 0 Å². The highest BCUT2D eigenvalue weighted by Crippen LogP contribution is 2.26. The summed E-state index contributed by atoms with van der Waals surface area (Å²) in [4.78, 5) is 2.48. The Morgan fingerprint density at radius 1 is 1.28 bits per heavy atom. The van der Waals surface area contributed by atoms with Crippen molar-refractivity contribution >= 4 is 17.3 Å². The van der Waals surface area contributed by atoms with Gasteiger partial charge in [0.2, 0.25) is 0 Å². The number of rotatable bonds is 3. The van der Waals surface area contributed by atoms with Gasteiger partial charge in [0.1, 0.15) is 0 Å². The van der Waals surface area contributed by atoms with Crippen LogP contribution in [0.1, 0.15) is 32.3 Å². The summed E-state index contributed by atoms with van der Waals surface area (Å²) in [5.41, 5.74) is 2.61. The molecular weight excluding hydrogens is 244 g/mol. The second-order valence-corrected chi connectivity index (χ2v) is 5.95. The van der Waals surface area contributed by atoms with E-state index < -0.39 is 0 Å². The lowest BCUT2D eigenvalue weighted by Crippen LogP contribution is -2.44. The van der Waals surface area contributed by atoms with Gasteiger partial charge in [-0.1, -0.05) is 25.4 Å². The van der Waals surface area contributed by atoms with E-state index >= 15 is 0 Å². The molecule has 0 spiro atoms. The quantitative estimate of drug-likeness (QED) is 0.899. The van der Waals surface area contributed by atoms with Crippen molar-refractivity contribution in [2.75, 3.05) is 18.0 Å². The van der Waals surface area contributed by atoms with Gasteiger partial charge in [0, 0.05) is 35.9 Å². The Labute approximate surface area is 115 Å². The minimum atomic E-state index is 0.582. The summed E-state index contributed by atoms with van der Waals surface area (Å²) in [6.07, 6.45) is 2.44. The van der Waals surface area contributed by atoms with E-state index in [1.165, 1.54) is 24.1 Å². The number of nitrogens with zero attached hydrogens (tertiary/aromatic N) is 1. The first-order valence-electron chi connectivity index (χ1n) is 6.83. The van der Waals surface area contributed by atoms with Crippen molar-refractivity contribution in [3.05, 3.63) is 28.8 Å². The molecule has 1 saturated heterocycles. The van der Waals surface area contributed by atoms with Crippen molar-refractivity contribution in [3.63, 3.8) is 0 Å². The lowest BCUT2D eigenvalue weighted by atomic mass is 10.0. The Morgan fingerprint density at radius 2 is 1.94 bits per heavy atom. The molecule has 0 radical (unpaired) electrons. The molecule has 0 amide bonds. The molecule has 0 unspecified atom stereocenters. The summed E-state index contributed by atoms with van der Waals surface area (Å²) in [7, 11) is 0. The summed E-state index contributed by atoms with van der Waals surface area (Å²) >= 11 is 6.01. The average Bonchev–Trinajstić information content (AvgIpc) is 2.30. The number of benzene rings is 1. The molecule has 2 nitrogen and oxygen atoms in total. The van der Waals surface area contributed by atoms with E-state index in [9.17, 15) is 0 Å². The van der Waals surface area contributed by atoms with Crippen LogP contribution in [0.3, 0.4) is 0 Å². The zero-order valence-corrected chi connectivity index (χ0v) is 12.3. The van der Waals surface area contributed by atoms with Gasteiger partial charge in [0.15, 0.2) is 0 Å².